The van der Waals surface area contributed by atoms with Crippen LogP contribution in [0.15, 0.2) is 27.4 Å². The van der Waals surface area contributed by atoms with Gasteiger partial charge in [-0.2, -0.15) is 0 Å². The average molecular weight is 260 g/mol. The zero-order chi connectivity index (χ0) is 13.2. The van der Waals surface area contributed by atoms with E-state index in [1.54, 1.807) is 18.2 Å². The molecule has 0 amide bonds. The van der Waals surface area contributed by atoms with Gasteiger partial charge in [-0.25, -0.2) is 4.79 Å². The van der Waals surface area contributed by atoms with Gasteiger partial charge in [0.05, 0.1) is 5.52 Å². The summed E-state index contributed by atoms with van der Waals surface area (Å²) < 4.78 is 4.92. The second-order valence-corrected chi connectivity index (χ2v) is 5.05. The molecule has 2 heterocycles. The van der Waals surface area contributed by atoms with E-state index in [4.69, 9.17) is 4.42 Å². The quantitative estimate of drug-likeness (QED) is 0.823. The van der Waals surface area contributed by atoms with Crippen molar-refractivity contribution >= 4 is 16.9 Å². The van der Waals surface area contributed by atoms with Gasteiger partial charge in [0.15, 0.2) is 11.4 Å². The maximum atomic E-state index is 12.2. The number of Topliss-reactive ketones (excluding diaryl/α,β-unsaturated/α-hetero) is 1. The molecular weight excluding hydrogens is 244 g/mol. The van der Waals surface area contributed by atoms with Gasteiger partial charge < -0.3 is 9.73 Å². The minimum absolute atomic E-state index is 0.135. The molecule has 1 aromatic heterocycles. The van der Waals surface area contributed by atoms with Crippen molar-refractivity contribution in [2.45, 2.75) is 19.3 Å². The Morgan fingerprint density at radius 3 is 2.89 bits per heavy atom. The number of hydrogen-bond donors (Lipinski definition) is 2. The molecule has 0 unspecified atom stereocenters. The molecule has 0 bridgehead atoms. The fourth-order valence-electron chi connectivity index (χ4n) is 2.59. The molecule has 1 aliphatic rings. The molecule has 1 aromatic carbocycles. The lowest BCUT2D eigenvalue weighted by molar-refractivity contribution is 0.0952. The summed E-state index contributed by atoms with van der Waals surface area (Å²) in [4.78, 5) is 25.9. The first kappa shape index (κ1) is 12.2. The molecule has 5 nitrogen and oxygen atoms in total. The third-order valence-corrected chi connectivity index (χ3v) is 3.67. The van der Waals surface area contributed by atoms with Crippen molar-refractivity contribution in [2.75, 3.05) is 13.1 Å². The van der Waals surface area contributed by atoms with Crippen LogP contribution in [0.5, 0.6) is 0 Å². The smallest absolute Gasteiger partial charge is 0.408 e. The SMILES string of the molecule is O=C(CC1CCNCC1)c1ccc2oc(=O)[nH]c2c1. The first-order valence-electron chi connectivity index (χ1n) is 6.59. The summed E-state index contributed by atoms with van der Waals surface area (Å²) in [5, 5.41) is 3.29. The number of nitrogens with one attached hydrogen (secondary N) is 2. The van der Waals surface area contributed by atoms with E-state index in [9.17, 15) is 9.59 Å². The highest BCUT2D eigenvalue weighted by atomic mass is 16.4. The van der Waals surface area contributed by atoms with Crippen LogP contribution in [-0.2, 0) is 0 Å². The molecule has 3 rings (SSSR count). The van der Waals surface area contributed by atoms with E-state index in [0.29, 0.717) is 29.0 Å². The van der Waals surface area contributed by atoms with Gasteiger partial charge in [0.25, 0.3) is 0 Å². The molecule has 0 aliphatic carbocycles. The molecule has 0 saturated carbocycles. The van der Waals surface area contributed by atoms with Crippen LogP contribution in [0, 0.1) is 5.92 Å². The number of hydrogen-bond acceptors (Lipinski definition) is 4. The van der Waals surface area contributed by atoms with Crippen LogP contribution in [-0.4, -0.2) is 23.9 Å². The number of piperidine rings is 1. The maximum Gasteiger partial charge on any atom is 0.417 e. The van der Waals surface area contributed by atoms with Crippen molar-refractivity contribution in [3.63, 3.8) is 0 Å². The highest BCUT2D eigenvalue weighted by Gasteiger charge is 2.18. The van der Waals surface area contributed by atoms with E-state index >= 15 is 0 Å². The number of ketones is 1. The molecule has 2 N–H and O–H groups in total. The lowest BCUT2D eigenvalue weighted by atomic mass is 9.90. The zero-order valence-corrected chi connectivity index (χ0v) is 10.6. The largest absolute Gasteiger partial charge is 0.417 e. The fourth-order valence-corrected chi connectivity index (χ4v) is 2.59. The fraction of sp³-hybridized carbons (Fsp3) is 0.429. The second-order valence-electron chi connectivity index (χ2n) is 5.05. The van der Waals surface area contributed by atoms with Crippen molar-refractivity contribution in [3.8, 4) is 0 Å². The van der Waals surface area contributed by atoms with Crippen molar-refractivity contribution in [1.82, 2.24) is 10.3 Å². The molecule has 1 saturated heterocycles. The van der Waals surface area contributed by atoms with Gasteiger partial charge >= 0.3 is 5.76 Å². The number of benzene rings is 1. The van der Waals surface area contributed by atoms with Crippen molar-refractivity contribution in [1.29, 1.82) is 0 Å². The Balaban J connectivity index is 1.78. The van der Waals surface area contributed by atoms with Crippen LogP contribution in [0.3, 0.4) is 0 Å². The molecule has 1 aliphatic heterocycles. The van der Waals surface area contributed by atoms with Crippen LogP contribution in [0.2, 0.25) is 0 Å². The average Bonchev–Trinajstić information content (AvgIpc) is 2.78. The Labute approximate surface area is 110 Å². The Morgan fingerprint density at radius 1 is 1.32 bits per heavy atom. The lowest BCUT2D eigenvalue weighted by Gasteiger charge is -2.21. The van der Waals surface area contributed by atoms with Crippen molar-refractivity contribution < 1.29 is 9.21 Å². The summed E-state index contributed by atoms with van der Waals surface area (Å²) in [7, 11) is 0. The Hall–Kier alpha value is -1.88. The third kappa shape index (κ3) is 2.61. The maximum absolute atomic E-state index is 12.2. The number of carbonyl (C=O) groups is 1. The van der Waals surface area contributed by atoms with Crippen LogP contribution in [0.4, 0.5) is 0 Å². The summed E-state index contributed by atoms with van der Waals surface area (Å²) in [6.45, 7) is 1.98. The highest BCUT2D eigenvalue weighted by Crippen LogP contribution is 2.20. The predicted octanol–water partition coefficient (Wildman–Crippen LogP) is 1.69. The molecule has 0 spiro atoms. The predicted molar refractivity (Wildman–Crippen MR) is 71.4 cm³/mol. The van der Waals surface area contributed by atoms with Gasteiger partial charge in [0, 0.05) is 12.0 Å². The van der Waals surface area contributed by atoms with E-state index in [1.165, 1.54) is 0 Å². The summed E-state index contributed by atoms with van der Waals surface area (Å²) in [6.07, 6.45) is 2.68. The van der Waals surface area contributed by atoms with Gasteiger partial charge in [-0.1, -0.05) is 0 Å². The first-order valence-corrected chi connectivity index (χ1v) is 6.59. The summed E-state index contributed by atoms with van der Waals surface area (Å²) in [5.74, 6) is 0.113. The van der Waals surface area contributed by atoms with Crippen molar-refractivity contribution in [3.05, 3.63) is 34.3 Å². The van der Waals surface area contributed by atoms with Crippen LogP contribution in [0.25, 0.3) is 11.1 Å². The topological polar surface area (TPSA) is 75.1 Å². The van der Waals surface area contributed by atoms with E-state index in [2.05, 4.69) is 10.3 Å². The van der Waals surface area contributed by atoms with Crippen LogP contribution >= 0.6 is 0 Å². The first-order chi connectivity index (χ1) is 9.22. The number of aromatic amines is 1. The number of H-pyrrole nitrogens is 1. The number of aromatic nitrogens is 1. The molecule has 0 radical (unpaired) electrons. The van der Waals surface area contributed by atoms with E-state index in [-0.39, 0.29) is 5.78 Å². The summed E-state index contributed by atoms with van der Waals surface area (Å²) in [6, 6.07) is 5.09. The van der Waals surface area contributed by atoms with Gasteiger partial charge in [0.2, 0.25) is 0 Å². The Kier molecular flexibility index (Phi) is 3.21. The lowest BCUT2D eigenvalue weighted by Crippen LogP contribution is -2.28. The third-order valence-electron chi connectivity index (χ3n) is 3.67. The molecule has 19 heavy (non-hydrogen) atoms. The molecular formula is C14H16N2O3. The number of rotatable bonds is 3. The van der Waals surface area contributed by atoms with E-state index in [0.717, 1.165) is 25.9 Å². The number of carbonyl (C=O) groups excluding carboxylic acids is 1. The van der Waals surface area contributed by atoms with Crippen LogP contribution < -0.4 is 11.1 Å². The normalized spacial score (nSPS) is 16.8. The van der Waals surface area contributed by atoms with Gasteiger partial charge in [-0.3, -0.25) is 9.78 Å². The van der Waals surface area contributed by atoms with Crippen molar-refractivity contribution in [2.24, 2.45) is 5.92 Å². The molecule has 2 aromatic rings. The zero-order valence-electron chi connectivity index (χ0n) is 10.6. The summed E-state index contributed by atoms with van der Waals surface area (Å²) >= 11 is 0. The molecule has 0 atom stereocenters. The highest BCUT2D eigenvalue weighted by molar-refractivity contribution is 5.98. The Bertz CT molecular complexity index is 650. The van der Waals surface area contributed by atoms with Gasteiger partial charge in [0.1, 0.15) is 0 Å². The minimum atomic E-state index is -0.488. The molecule has 100 valence electrons. The standard InChI is InChI=1S/C14H16N2O3/c17-12(7-9-3-5-15-6-4-9)10-1-2-13-11(8-10)16-14(18)19-13/h1-2,8-9,15H,3-7H2,(H,16,18). The minimum Gasteiger partial charge on any atom is -0.408 e. The van der Waals surface area contributed by atoms with E-state index in [1.807, 2.05) is 0 Å². The molecule has 1 fully saturated rings. The second kappa shape index (κ2) is 5.01. The Morgan fingerprint density at radius 2 is 2.11 bits per heavy atom. The summed E-state index contributed by atoms with van der Waals surface area (Å²) in [5.41, 5.74) is 1.72. The van der Waals surface area contributed by atoms with Crippen LogP contribution in [0.1, 0.15) is 29.6 Å². The number of oxazole rings is 1. The number of fused-ring (bicyclic) bond motifs is 1. The van der Waals surface area contributed by atoms with Gasteiger partial charge in [-0.05, 0) is 50.0 Å². The van der Waals surface area contributed by atoms with E-state index < -0.39 is 5.76 Å². The monoisotopic (exact) mass is 260 g/mol. The molecule has 5 heteroatoms. The van der Waals surface area contributed by atoms with Gasteiger partial charge in [-0.15, -0.1) is 0 Å².